The zero-order valence-corrected chi connectivity index (χ0v) is 11.9. The lowest BCUT2D eigenvalue weighted by atomic mass is 10.3. The van der Waals surface area contributed by atoms with E-state index in [1.54, 1.807) is 11.3 Å². The molecule has 0 aliphatic heterocycles. The number of nitrogens with zero attached hydrogens (tertiary/aromatic N) is 4. The lowest BCUT2D eigenvalue weighted by Gasteiger charge is -1.99. The molecule has 1 aliphatic carbocycles. The fraction of sp³-hybridized carbons (Fsp3) is 0.636. The van der Waals surface area contributed by atoms with Gasteiger partial charge in [0.15, 0.2) is 5.01 Å². The number of hydrogen-bond donors (Lipinski definition) is 1. The summed E-state index contributed by atoms with van der Waals surface area (Å²) in [4.78, 5) is 1.05. The maximum atomic E-state index is 4.24. The molecule has 1 fully saturated rings. The van der Waals surface area contributed by atoms with Gasteiger partial charge in [0.1, 0.15) is 9.88 Å². The van der Waals surface area contributed by atoms with Crippen LogP contribution in [0.15, 0.2) is 0 Å². The van der Waals surface area contributed by atoms with Crippen LogP contribution in [-0.4, -0.2) is 32.4 Å². The second-order valence-electron chi connectivity index (χ2n) is 4.52. The molecule has 3 rings (SSSR count). The van der Waals surface area contributed by atoms with Crippen LogP contribution in [0.25, 0.3) is 9.88 Å². The molecule has 1 N–H and O–H groups in total. The van der Waals surface area contributed by atoms with Crippen LogP contribution in [0.1, 0.15) is 30.0 Å². The van der Waals surface area contributed by atoms with E-state index in [9.17, 15) is 0 Å². The highest BCUT2D eigenvalue weighted by Gasteiger charge is 2.19. The summed E-state index contributed by atoms with van der Waals surface area (Å²) in [6.45, 7) is 3.04. The van der Waals surface area contributed by atoms with E-state index in [2.05, 4.69) is 25.1 Å². The molecule has 0 radical (unpaired) electrons. The van der Waals surface area contributed by atoms with Gasteiger partial charge in [-0.15, -0.1) is 15.3 Å². The van der Waals surface area contributed by atoms with E-state index in [1.807, 2.05) is 6.92 Å². The lowest BCUT2D eigenvalue weighted by Crippen LogP contribution is -2.17. The summed E-state index contributed by atoms with van der Waals surface area (Å²) in [6.07, 6.45) is 4.83. The highest BCUT2D eigenvalue weighted by atomic mass is 32.1. The van der Waals surface area contributed by atoms with Crippen molar-refractivity contribution in [3.05, 3.63) is 10.7 Å². The van der Waals surface area contributed by atoms with Gasteiger partial charge in [0.05, 0.1) is 5.69 Å². The minimum Gasteiger partial charge on any atom is -0.314 e. The Morgan fingerprint density at radius 1 is 1.28 bits per heavy atom. The lowest BCUT2D eigenvalue weighted by molar-refractivity contribution is 0.643. The number of hydrogen-bond acceptors (Lipinski definition) is 7. The van der Waals surface area contributed by atoms with Crippen molar-refractivity contribution in [3.8, 4) is 9.88 Å². The first-order chi connectivity index (χ1) is 8.83. The molecule has 0 bridgehead atoms. The van der Waals surface area contributed by atoms with Gasteiger partial charge in [-0.1, -0.05) is 15.8 Å². The predicted octanol–water partition coefficient (Wildman–Crippen LogP) is 2.05. The minimum absolute atomic E-state index is 0.792. The van der Waals surface area contributed by atoms with E-state index in [1.165, 1.54) is 24.4 Å². The molecule has 96 valence electrons. The van der Waals surface area contributed by atoms with E-state index in [4.69, 9.17) is 0 Å². The summed E-state index contributed by atoms with van der Waals surface area (Å²) in [6, 6.07) is 0.792. The van der Waals surface area contributed by atoms with Gasteiger partial charge in [-0.2, -0.15) is 0 Å². The maximum absolute atomic E-state index is 4.24. The van der Waals surface area contributed by atoms with Crippen LogP contribution in [0.5, 0.6) is 0 Å². The molecule has 1 aliphatic rings. The standard InChI is InChI=1S/C11H15N5S2/c1-7-10(18-16-13-7)11-15-14-9(17-11)3-2-6-12-8-4-5-8/h8,12H,2-6H2,1H3. The highest BCUT2D eigenvalue weighted by molar-refractivity contribution is 7.19. The Morgan fingerprint density at radius 3 is 2.89 bits per heavy atom. The molecule has 18 heavy (non-hydrogen) atoms. The predicted molar refractivity (Wildman–Crippen MR) is 72.9 cm³/mol. The Kier molecular flexibility index (Phi) is 3.62. The monoisotopic (exact) mass is 281 g/mol. The van der Waals surface area contributed by atoms with Gasteiger partial charge in [-0.05, 0) is 44.3 Å². The largest absolute Gasteiger partial charge is 0.314 e. The Labute approximate surface area is 114 Å². The van der Waals surface area contributed by atoms with Crippen LogP contribution < -0.4 is 5.32 Å². The van der Waals surface area contributed by atoms with Gasteiger partial charge in [-0.25, -0.2) is 0 Å². The first-order valence-corrected chi connectivity index (χ1v) is 7.77. The molecule has 1 saturated carbocycles. The van der Waals surface area contributed by atoms with Crippen LogP contribution >= 0.6 is 22.9 Å². The molecular formula is C11H15N5S2. The second-order valence-corrected chi connectivity index (χ2v) is 6.34. The van der Waals surface area contributed by atoms with E-state index in [-0.39, 0.29) is 0 Å². The van der Waals surface area contributed by atoms with E-state index < -0.39 is 0 Å². The van der Waals surface area contributed by atoms with Crippen LogP contribution in [-0.2, 0) is 6.42 Å². The van der Waals surface area contributed by atoms with Crippen molar-refractivity contribution in [1.29, 1.82) is 0 Å². The Hall–Kier alpha value is -0.920. The number of rotatable bonds is 6. The van der Waals surface area contributed by atoms with Crippen molar-refractivity contribution >= 4 is 22.9 Å². The van der Waals surface area contributed by atoms with Crippen molar-refractivity contribution in [3.63, 3.8) is 0 Å². The molecule has 0 aromatic carbocycles. The normalized spacial score (nSPS) is 15.2. The molecule has 2 aromatic rings. The summed E-state index contributed by atoms with van der Waals surface area (Å²) in [5.74, 6) is 0. The number of nitrogens with one attached hydrogen (secondary N) is 1. The Morgan fingerprint density at radius 2 is 2.17 bits per heavy atom. The quantitative estimate of drug-likeness (QED) is 0.821. The summed E-state index contributed by atoms with van der Waals surface area (Å²) in [5, 5.41) is 18.0. The van der Waals surface area contributed by atoms with Crippen LogP contribution in [0.2, 0.25) is 0 Å². The smallest absolute Gasteiger partial charge is 0.161 e. The van der Waals surface area contributed by atoms with Gasteiger partial charge >= 0.3 is 0 Å². The topological polar surface area (TPSA) is 63.6 Å². The van der Waals surface area contributed by atoms with Crippen molar-refractivity contribution < 1.29 is 0 Å². The van der Waals surface area contributed by atoms with Crippen LogP contribution in [0, 0.1) is 6.92 Å². The molecule has 0 amide bonds. The van der Waals surface area contributed by atoms with Crippen molar-refractivity contribution in [2.45, 2.75) is 38.6 Å². The third-order valence-corrected chi connectivity index (χ3v) is 4.85. The molecule has 0 unspecified atom stereocenters. The van der Waals surface area contributed by atoms with Crippen LogP contribution in [0.4, 0.5) is 0 Å². The van der Waals surface area contributed by atoms with Gasteiger partial charge in [-0.3, -0.25) is 0 Å². The molecule has 7 heteroatoms. The fourth-order valence-corrected chi connectivity index (χ4v) is 3.35. The Balaban J connectivity index is 1.54. The first kappa shape index (κ1) is 12.1. The zero-order valence-electron chi connectivity index (χ0n) is 10.2. The van der Waals surface area contributed by atoms with Crippen molar-refractivity contribution in [2.24, 2.45) is 0 Å². The zero-order chi connectivity index (χ0) is 12.4. The Bertz CT molecular complexity index is 517. The first-order valence-electron chi connectivity index (χ1n) is 6.18. The molecule has 5 nitrogen and oxygen atoms in total. The van der Waals surface area contributed by atoms with E-state index in [0.29, 0.717) is 0 Å². The molecule has 0 atom stereocenters. The van der Waals surface area contributed by atoms with Gasteiger partial charge < -0.3 is 5.32 Å². The maximum Gasteiger partial charge on any atom is 0.161 e. The average Bonchev–Trinajstić information content (AvgIpc) is 2.90. The summed E-state index contributed by atoms with van der Waals surface area (Å²) in [7, 11) is 0. The highest BCUT2D eigenvalue weighted by Crippen LogP contribution is 2.28. The van der Waals surface area contributed by atoms with Gasteiger partial charge in [0.2, 0.25) is 0 Å². The van der Waals surface area contributed by atoms with Crippen molar-refractivity contribution in [2.75, 3.05) is 6.54 Å². The summed E-state index contributed by atoms with van der Waals surface area (Å²) >= 11 is 3.05. The van der Waals surface area contributed by atoms with Gasteiger partial charge in [0, 0.05) is 12.5 Å². The van der Waals surface area contributed by atoms with E-state index >= 15 is 0 Å². The third kappa shape index (κ3) is 2.90. The fourth-order valence-electron chi connectivity index (χ4n) is 1.71. The SMILES string of the molecule is Cc1nnsc1-c1nnc(CCCNC2CC2)s1. The molecule has 2 aromatic heterocycles. The molecular weight excluding hydrogens is 266 g/mol. The van der Waals surface area contributed by atoms with Crippen molar-refractivity contribution in [1.82, 2.24) is 25.1 Å². The molecule has 0 spiro atoms. The minimum atomic E-state index is 0.792. The second kappa shape index (κ2) is 5.38. The number of aromatic nitrogens is 4. The summed E-state index contributed by atoms with van der Waals surface area (Å²) in [5.41, 5.74) is 0.943. The number of aryl methyl sites for hydroxylation is 2. The van der Waals surface area contributed by atoms with E-state index in [0.717, 1.165) is 46.0 Å². The molecule has 0 saturated heterocycles. The molecule has 2 heterocycles. The van der Waals surface area contributed by atoms with Crippen LogP contribution in [0.3, 0.4) is 0 Å². The van der Waals surface area contributed by atoms with Gasteiger partial charge in [0.25, 0.3) is 0 Å². The average molecular weight is 281 g/mol. The summed E-state index contributed by atoms with van der Waals surface area (Å²) < 4.78 is 3.93. The third-order valence-electron chi connectivity index (χ3n) is 2.89.